The maximum atomic E-state index is 5.88. The quantitative estimate of drug-likeness (QED) is 0.887. The molecule has 1 atom stereocenters. The number of aromatic nitrogens is 1. The Morgan fingerprint density at radius 3 is 2.67 bits per heavy atom. The fourth-order valence-electron chi connectivity index (χ4n) is 1.72. The number of aryl methyl sites for hydroxylation is 1. The van der Waals surface area contributed by atoms with Crippen molar-refractivity contribution in [2.24, 2.45) is 0 Å². The summed E-state index contributed by atoms with van der Waals surface area (Å²) >= 11 is 7.61. The highest BCUT2D eigenvalue weighted by Crippen LogP contribution is 2.17. The normalized spacial score (nSPS) is 12.6. The third kappa shape index (κ3) is 3.55. The first kappa shape index (κ1) is 13.5. The highest BCUT2D eigenvalue weighted by Gasteiger charge is 2.06. The van der Waals surface area contributed by atoms with Gasteiger partial charge in [-0.15, -0.1) is 11.3 Å². The first-order chi connectivity index (χ1) is 8.69. The van der Waals surface area contributed by atoms with Crippen LogP contribution in [0.1, 0.15) is 36.2 Å². The number of thiazole rings is 1. The van der Waals surface area contributed by atoms with E-state index in [1.54, 1.807) is 11.3 Å². The number of rotatable bonds is 5. The van der Waals surface area contributed by atoms with Gasteiger partial charge in [0.05, 0.1) is 10.7 Å². The van der Waals surface area contributed by atoms with Gasteiger partial charge in [0.15, 0.2) is 0 Å². The number of nitrogens with one attached hydrogen (secondary N) is 1. The first-order valence-corrected chi connectivity index (χ1v) is 7.37. The summed E-state index contributed by atoms with van der Waals surface area (Å²) in [6, 6.07) is 8.26. The van der Waals surface area contributed by atoms with Crippen LogP contribution in [0.2, 0.25) is 5.02 Å². The summed E-state index contributed by atoms with van der Waals surface area (Å²) in [7, 11) is 0. The molecule has 0 saturated carbocycles. The zero-order chi connectivity index (χ0) is 13.0. The molecule has 2 nitrogen and oxygen atoms in total. The van der Waals surface area contributed by atoms with Crippen molar-refractivity contribution < 1.29 is 0 Å². The van der Waals surface area contributed by atoms with Gasteiger partial charge in [-0.3, -0.25) is 0 Å². The van der Waals surface area contributed by atoms with Crippen LogP contribution >= 0.6 is 22.9 Å². The second kappa shape index (κ2) is 6.32. The zero-order valence-corrected chi connectivity index (χ0v) is 12.2. The van der Waals surface area contributed by atoms with Gasteiger partial charge in [0.2, 0.25) is 0 Å². The third-order valence-corrected chi connectivity index (χ3v) is 4.16. The molecule has 96 valence electrons. The van der Waals surface area contributed by atoms with Gasteiger partial charge in [-0.2, -0.15) is 0 Å². The van der Waals surface area contributed by atoms with Crippen molar-refractivity contribution in [3.63, 3.8) is 0 Å². The van der Waals surface area contributed by atoms with Gasteiger partial charge >= 0.3 is 0 Å². The van der Waals surface area contributed by atoms with Gasteiger partial charge in [0, 0.05) is 23.0 Å². The molecular formula is C14H17ClN2S. The van der Waals surface area contributed by atoms with Crippen LogP contribution in [0.3, 0.4) is 0 Å². The average molecular weight is 281 g/mol. The molecule has 2 aromatic rings. The van der Waals surface area contributed by atoms with Gasteiger partial charge < -0.3 is 5.32 Å². The lowest BCUT2D eigenvalue weighted by Crippen LogP contribution is -2.18. The predicted molar refractivity (Wildman–Crippen MR) is 78.2 cm³/mol. The Labute approximate surface area is 117 Å². The van der Waals surface area contributed by atoms with Crippen molar-refractivity contribution in [1.82, 2.24) is 10.3 Å². The smallest absolute Gasteiger partial charge is 0.0926 e. The number of hydrogen-bond donors (Lipinski definition) is 1. The predicted octanol–water partition coefficient (Wildman–Crippen LogP) is 4.21. The summed E-state index contributed by atoms with van der Waals surface area (Å²) in [4.78, 5) is 4.54. The maximum Gasteiger partial charge on any atom is 0.0926 e. The van der Waals surface area contributed by atoms with Crippen molar-refractivity contribution in [1.29, 1.82) is 0 Å². The topological polar surface area (TPSA) is 24.9 Å². The van der Waals surface area contributed by atoms with Crippen LogP contribution in [0.4, 0.5) is 0 Å². The van der Waals surface area contributed by atoms with Crippen molar-refractivity contribution in [2.75, 3.05) is 0 Å². The van der Waals surface area contributed by atoms with E-state index in [4.69, 9.17) is 11.6 Å². The molecule has 4 heteroatoms. The van der Waals surface area contributed by atoms with Gasteiger partial charge in [-0.25, -0.2) is 4.98 Å². The Morgan fingerprint density at radius 2 is 2.06 bits per heavy atom. The first-order valence-electron chi connectivity index (χ1n) is 6.11. The fourth-order valence-corrected chi connectivity index (χ4v) is 2.59. The Hall–Kier alpha value is -0.900. The lowest BCUT2D eigenvalue weighted by atomic mass is 10.1. The van der Waals surface area contributed by atoms with Crippen LogP contribution in [0.15, 0.2) is 29.6 Å². The van der Waals surface area contributed by atoms with Crippen molar-refractivity contribution in [3.8, 4) is 0 Å². The summed E-state index contributed by atoms with van der Waals surface area (Å²) in [6.07, 6.45) is 1.01. The van der Waals surface area contributed by atoms with Gasteiger partial charge in [-0.1, -0.05) is 30.7 Å². The molecule has 0 saturated heterocycles. The standard InChI is InChI=1S/C14H17ClN2S/c1-3-14-17-13(9-18-14)8-16-10(2)11-4-6-12(15)7-5-11/h4-7,9-10,16H,3,8H2,1-2H3/t10-/m1/s1. The van der Waals surface area contributed by atoms with E-state index in [0.29, 0.717) is 6.04 Å². The summed E-state index contributed by atoms with van der Waals surface area (Å²) < 4.78 is 0. The molecule has 0 aliphatic heterocycles. The summed E-state index contributed by atoms with van der Waals surface area (Å²) in [5.41, 5.74) is 2.36. The second-order valence-electron chi connectivity index (χ2n) is 4.24. The minimum absolute atomic E-state index is 0.300. The molecule has 2 rings (SSSR count). The van der Waals surface area contributed by atoms with E-state index in [0.717, 1.165) is 23.7 Å². The summed E-state index contributed by atoms with van der Waals surface area (Å²) in [6.45, 7) is 5.09. The Balaban J connectivity index is 1.91. The molecule has 0 amide bonds. The van der Waals surface area contributed by atoms with Crippen molar-refractivity contribution in [3.05, 3.63) is 50.9 Å². The van der Waals surface area contributed by atoms with Crippen LogP contribution in [0.25, 0.3) is 0 Å². The highest BCUT2D eigenvalue weighted by molar-refractivity contribution is 7.09. The average Bonchev–Trinajstić information content (AvgIpc) is 2.85. The maximum absolute atomic E-state index is 5.88. The molecule has 0 bridgehead atoms. The fraction of sp³-hybridized carbons (Fsp3) is 0.357. The van der Waals surface area contributed by atoms with Crippen LogP contribution in [-0.4, -0.2) is 4.98 Å². The van der Waals surface area contributed by atoms with E-state index >= 15 is 0 Å². The van der Waals surface area contributed by atoms with E-state index in [1.165, 1.54) is 10.6 Å². The van der Waals surface area contributed by atoms with Crippen LogP contribution < -0.4 is 5.32 Å². The Kier molecular flexibility index (Phi) is 4.75. The van der Waals surface area contributed by atoms with E-state index in [9.17, 15) is 0 Å². The summed E-state index contributed by atoms with van der Waals surface area (Å²) in [5.74, 6) is 0. The van der Waals surface area contributed by atoms with Crippen molar-refractivity contribution in [2.45, 2.75) is 32.9 Å². The second-order valence-corrected chi connectivity index (χ2v) is 5.62. The molecule has 0 spiro atoms. The molecule has 0 radical (unpaired) electrons. The van der Waals surface area contributed by atoms with E-state index in [2.05, 4.69) is 41.7 Å². The molecule has 0 unspecified atom stereocenters. The van der Waals surface area contributed by atoms with Gasteiger partial charge in [0.25, 0.3) is 0 Å². The molecule has 0 fully saturated rings. The van der Waals surface area contributed by atoms with E-state index in [1.807, 2.05) is 12.1 Å². The third-order valence-electron chi connectivity index (χ3n) is 2.86. The number of nitrogens with zero attached hydrogens (tertiary/aromatic N) is 1. The lowest BCUT2D eigenvalue weighted by molar-refractivity contribution is 0.568. The number of benzene rings is 1. The number of hydrogen-bond acceptors (Lipinski definition) is 3. The SMILES string of the molecule is CCc1nc(CN[C@H](C)c2ccc(Cl)cc2)cs1. The molecule has 1 aromatic heterocycles. The molecule has 1 aromatic carbocycles. The van der Waals surface area contributed by atoms with Crippen LogP contribution in [-0.2, 0) is 13.0 Å². The Morgan fingerprint density at radius 1 is 1.33 bits per heavy atom. The van der Waals surface area contributed by atoms with E-state index in [-0.39, 0.29) is 0 Å². The molecule has 0 aliphatic carbocycles. The monoisotopic (exact) mass is 280 g/mol. The number of halogens is 1. The lowest BCUT2D eigenvalue weighted by Gasteiger charge is -2.13. The molecular weight excluding hydrogens is 264 g/mol. The van der Waals surface area contributed by atoms with Gasteiger partial charge in [-0.05, 0) is 31.0 Å². The molecule has 0 aliphatic rings. The highest BCUT2D eigenvalue weighted by atomic mass is 35.5. The molecule has 1 N–H and O–H groups in total. The van der Waals surface area contributed by atoms with Crippen LogP contribution in [0, 0.1) is 0 Å². The van der Waals surface area contributed by atoms with E-state index < -0.39 is 0 Å². The summed E-state index contributed by atoms with van der Waals surface area (Å²) in [5, 5.41) is 7.57. The Bertz CT molecular complexity index is 493. The minimum atomic E-state index is 0.300. The largest absolute Gasteiger partial charge is 0.305 e. The van der Waals surface area contributed by atoms with Gasteiger partial charge in [0.1, 0.15) is 0 Å². The molecule has 1 heterocycles. The zero-order valence-electron chi connectivity index (χ0n) is 10.6. The minimum Gasteiger partial charge on any atom is -0.305 e. The van der Waals surface area contributed by atoms with Crippen molar-refractivity contribution >= 4 is 22.9 Å². The molecule has 18 heavy (non-hydrogen) atoms. The van der Waals surface area contributed by atoms with Crippen LogP contribution in [0.5, 0.6) is 0 Å².